The van der Waals surface area contributed by atoms with Gasteiger partial charge in [-0.05, 0) is 0 Å². The summed E-state index contributed by atoms with van der Waals surface area (Å²) in [6.45, 7) is 0. The van der Waals surface area contributed by atoms with E-state index in [-0.39, 0.29) is 19.8 Å². The van der Waals surface area contributed by atoms with E-state index in [1.165, 1.54) is 0 Å². The summed E-state index contributed by atoms with van der Waals surface area (Å²) < 4.78 is 68.2. The zero-order valence-corrected chi connectivity index (χ0v) is 8.61. The Morgan fingerprint density at radius 2 is 0.636 bits per heavy atom. The molecule has 0 fully saturated rings. The third-order valence-corrected chi connectivity index (χ3v) is 0. The number of rotatable bonds is 0. The van der Waals surface area contributed by atoms with E-state index < -0.39 is 20.8 Å². The maximum absolute atomic E-state index is 8.52. The maximum atomic E-state index is 8.52. The van der Waals surface area contributed by atoms with Crippen LogP contribution in [0.25, 0.3) is 0 Å². The molecule has 0 aromatic rings. The molecule has 68 valence electrons. The van der Waals surface area contributed by atoms with Crippen molar-refractivity contribution in [3.05, 3.63) is 0 Å². The van der Waals surface area contributed by atoms with Gasteiger partial charge < -0.3 is 18.2 Å². The second-order valence-electron chi connectivity index (χ2n) is 0.816. The molecule has 0 rings (SSSR count). The van der Waals surface area contributed by atoms with Gasteiger partial charge in [0.1, 0.15) is 0 Å². The summed E-state index contributed by atoms with van der Waals surface area (Å²) in [5.74, 6) is 0. The minimum Gasteiger partial charge on any atom is -0.759 e. The predicted octanol–water partition coefficient (Wildman–Crippen LogP) is -2.68. The summed E-state index contributed by atoms with van der Waals surface area (Å²) in [6, 6.07) is 0. The van der Waals surface area contributed by atoms with E-state index in [1.54, 1.807) is 0 Å². The SMILES string of the molecule is O=S(=O)([O-])[O-].O=S(=O)([O-])[O-].[Os+4]. The van der Waals surface area contributed by atoms with Crippen LogP contribution in [0.1, 0.15) is 0 Å². The predicted molar refractivity (Wildman–Crippen MR) is 20.9 cm³/mol. The smallest absolute Gasteiger partial charge is 0.759 e. The Balaban J connectivity index is -0.000000107. The number of hydrogen-bond donors (Lipinski definition) is 0. The molecule has 0 aromatic heterocycles. The molecule has 11 heteroatoms. The van der Waals surface area contributed by atoms with Crippen LogP contribution in [0.5, 0.6) is 0 Å². The van der Waals surface area contributed by atoms with Gasteiger partial charge in [-0.2, -0.15) is 0 Å². The summed E-state index contributed by atoms with van der Waals surface area (Å²) in [4.78, 5) is 0. The van der Waals surface area contributed by atoms with Crippen molar-refractivity contribution in [2.75, 3.05) is 0 Å². The Kier molecular flexibility index (Phi) is 9.45. The van der Waals surface area contributed by atoms with E-state index in [1.807, 2.05) is 0 Å². The summed E-state index contributed by atoms with van der Waals surface area (Å²) in [6.07, 6.45) is 0. The van der Waals surface area contributed by atoms with Crippen molar-refractivity contribution in [2.45, 2.75) is 0 Å². The van der Waals surface area contributed by atoms with Crippen LogP contribution < -0.4 is 0 Å². The van der Waals surface area contributed by atoms with Crippen LogP contribution >= 0.6 is 0 Å². The first-order valence-corrected chi connectivity index (χ1v) is 4.00. The fourth-order valence-corrected chi connectivity index (χ4v) is 0. The van der Waals surface area contributed by atoms with Crippen molar-refractivity contribution in [1.82, 2.24) is 0 Å². The van der Waals surface area contributed by atoms with Gasteiger partial charge in [0.05, 0.1) is 0 Å². The van der Waals surface area contributed by atoms with Crippen molar-refractivity contribution in [1.29, 1.82) is 0 Å². The fourth-order valence-electron chi connectivity index (χ4n) is 0. The summed E-state index contributed by atoms with van der Waals surface area (Å²) in [5.41, 5.74) is 0. The topological polar surface area (TPSA) is 161 Å². The van der Waals surface area contributed by atoms with Crippen LogP contribution in [0.3, 0.4) is 0 Å². The van der Waals surface area contributed by atoms with Gasteiger partial charge >= 0.3 is 19.8 Å². The van der Waals surface area contributed by atoms with Crippen molar-refractivity contribution in [3.8, 4) is 0 Å². The molecule has 0 radical (unpaired) electrons. The molecule has 0 saturated heterocycles. The molecule has 0 bridgehead atoms. The van der Waals surface area contributed by atoms with Gasteiger partial charge in [-0.1, -0.05) is 0 Å². The van der Waals surface area contributed by atoms with Crippen LogP contribution in [0.15, 0.2) is 0 Å². The van der Waals surface area contributed by atoms with Gasteiger partial charge in [-0.15, -0.1) is 0 Å². The Labute approximate surface area is 75.8 Å². The van der Waals surface area contributed by atoms with Gasteiger partial charge in [0.25, 0.3) is 0 Å². The average molecular weight is 382 g/mol. The molecule has 0 aromatic carbocycles. The Hall–Kier alpha value is 0.376. The standard InChI is InChI=1S/2H2O4S.Os/c2*1-5(2,3)4;/h2*(H2,1,2,3,4);/q;;+4/p-4. The first-order valence-electron chi connectivity index (χ1n) is 1.33. The van der Waals surface area contributed by atoms with Crippen LogP contribution in [0.2, 0.25) is 0 Å². The molecule has 0 unspecified atom stereocenters. The normalized spacial score (nSPS) is 10.5. The summed E-state index contributed by atoms with van der Waals surface area (Å²) in [5, 5.41) is 0. The quantitative estimate of drug-likeness (QED) is 0.323. The molecule has 0 amide bonds. The summed E-state index contributed by atoms with van der Waals surface area (Å²) >= 11 is 0. The van der Waals surface area contributed by atoms with E-state index in [4.69, 9.17) is 35.0 Å². The maximum Gasteiger partial charge on any atom is 4.00 e. The monoisotopic (exact) mass is 384 g/mol. The molecule has 0 heterocycles. The van der Waals surface area contributed by atoms with Gasteiger partial charge in [0, 0.05) is 20.8 Å². The Bertz CT molecular complexity index is 208. The molecule has 0 saturated carbocycles. The van der Waals surface area contributed by atoms with Gasteiger partial charge in [-0.25, -0.2) is 0 Å². The van der Waals surface area contributed by atoms with Gasteiger partial charge in [-0.3, -0.25) is 16.8 Å². The van der Waals surface area contributed by atoms with Gasteiger partial charge in [0.2, 0.25) is 0 Å². The van der Waals surface area contributed by atoms with Crippen molar-refractivity contribution < 1.29 is 54.8 Å². The first-order chi connectivity index (χ1) is 4.00. The van der Waals surface area contributed by atoms with E-state index in [0.29, 0.717) is 0 Å². The van der Waals surface area contributed by atoms with Crippen molar-refractivity contribution in [2.24, 2.45) is 0 Å². The zero-order chi connectivity index (χ0) is 9.00. The van der Waals surface area contributed by atoms with Crippen LogP contribution in [0.4, 0.5) is 0 Å². The minimum atomic E-state index is -5.17. The van der Waals surface area contributed by atoms with Crippen LogP contribution in [-0.2, 0) is 40.6 Å². The van der Waals surface area contributed by atoms with Gasteiger partial charge in [0.15, 0.2) is 0 Å². The average Bonchev–Trinajstić information content (AvgIpc) is 1.12. The molecule has 0 atom stereocenters. The Morgan fingerprint density at radius 1 is 0.636 bits per heavy atom. The molecule has 0 aliphatic carbocycles. The van der Waals surface area contributed by atoms with E-state index in [0.717, 1.165) is 0 Å². The molecule has 11 heavy (non-hydrogen) atoms. The molecule has 8 nitrogen and oxygen atoms in total. The first kappa shape index (κ1) is 17.5. The zero-order valence-electron chi connectivity index (χ0n) is 4.44. The van der Waals surface area contributed by atoms with E-state index in [2.05, 4.69) is 0 Å². The van der Waals surface area contributed by atoms with Crippen molar-refractivity contribution in [3.63, 3.8) is 0 Å². The second kappa shape index (κ2) is 5.96. The molecular formula is O8OsS2. The molecule has 0 aliphatic rings. The van der Waals surface area contributed by atoms with E-state index >= 15 is 0 Å². The Morgan fingerprint density at radius 3 is 0.636 bits per heavy atom. The molecule has 0 N–H and O–H groups in total. The fraction of sp³-hybridized carbons (Fsp3) is 0. The second-order valence-corrected chi connectivity index (χ2v) is 2.45. The third-order valence-electron chi connectivity index (χ3n) is 0. The van der Waals surface area contributed by atoms with E-state index in [9.17, 15) is 0 Å². The summed E-state index contributed by atoms with van der Waals surface area (Å²) in [7, 11) is -10.3. The van der Waals surface area contributed by atoms with Crippen molar-refractivity contribution >= 4 is 20.8 Å². The van der Waals surface area contributed by atoms with Crippen LogP contribution in [-0.4, -0.2) is 35.0 Å². The molecule has 0 spiro atoms. The third kappa shape index (κ3) is 5140. The molecular weight excluding hydrogens is 382 g/mol. The molecule has 0 aliphatic heterocycles. The largest absolute Gasteiger partial charge is 4.00 e. The number of hydrogen-bond acceptors (Lipinski definition) is 8. The van der Waals surface area contributed by atoms with Crippen LogP contribution in [0, 0.1) is 0 Å². The minimum absolute atomic E-state index is 0.